The van der Waals surface area contributed by atoms with Gasteiger partial charge in [0.05, 0.1) is 10.9 Å². The van der Waals surface area contributed by atoms with Crippen LogP contribution in [0.15, 0.2) is 29.2 Å². The summed E-state index contributed by atoms with van der Waals surface area (Å²) in [6.07, 6.45) is 1.62. The highest BCUT2D eigenvalue weighted by molar-refractivity contribution is 7.89. The van der Waals surface area contributed by atoms with Crippen molar-refractivity contribution in [3.8, 4) is 0 Å². The molecule has 17 heavy (non-hydrogen) atoms. The van der Waals surface area contributed by atoms with Crippen molar-refractivity contribution in [2.45, 2.75) is 24.8 Å². The molecule has 0 aliphatic carbocycles. The predicted molar refractivity (Wildman–Crippen MR) is 61.0 cm³/mol. The molecule has 0 saturated heterocycles. The van der Waals surface area contributed by atoms with Crippen LogP contribution in [0.2, 0.25) is 0 Å². The maximum Gasteiger partial charge on any atom is 0.241 e. The van der Waals surface area contributed by atoms with Crippen LogP contribution in [0.25, 0.3) is 0 Å². The van der Waals surface area contributed by atoms with Crippen LogP contribution in [0, 0.1) is 11.7 Å². The highest BCUT2D eigenvalue weighted by Crippen LogP contribution is 2.11. The molecule has 0 amide bonds. The van der Waals surface area contributed by atoms with Crippen LogP contribution in [0.4, 0.5) is 4.39 Å². The lowest BCUT2D eigenvalue weighted by Crippen LogP contribution is -2.39. The quantitative estimate of drug-likeness (QED) is 0.864. The van der Waals surface area contributed by atoms with Gasteiger partial charge in [-0.2, -0.15) is 4.72 Å². The SMILES string of the molecule is CC(C)[C@@H]([C]=O)NS(=O)(=O)c1ccc(F)cc1. The Morgan fingerprint density at radius 1 is 1.24 bits per heavy atom. The van der Waals surface area contributed by atoms with Gasteiger partial charge in [0.2, 0.25) is 16.3 Å². The first-order valence-corrected chi connectivity index (χ1v) is 6.50. The molecule has 1 radical (unpaired) electrons. The number of nitrogens with one attached hydrogen (secondary N) is 1. The van der Waals surface area contributed by atoms with E-state index in [2.05, 4.69) is 4.72 Å². The van der Waals surface area contributed by atoms with E-state index in [1.54, 1.807) is 20.1 Å². The third kappa shape index (κ3) is 3.61. The van der Waals surface area contributed by atoms with Gasteiger partial charge in [0.15, 0.2) is 0 Å². The molecular weight excluding hydrogens is 245 g/mol. The maximum atomic E-state index is 12.7. The van der Waals surface area contributed by atoms with E-state index in [0.717, 1.165) is 24.3 Å². The van der Waals surface area contributed by atoms with E-state index in [1.165, 1.54) is 0 Å². The molecule has 0 aromatic heterocycles. The molecule has 4 nitrogen and oxygen atoms in total. The second-order valence-corrected chi connectivity index (χ2v) is 5.63. The normalized spacial score (nSPS) is 13.6. The summed E-state index contributed by atoms with van der Waals surface area (Å²) in [4.78, 5) is 10.5. The Labute approximate surface area is 99.9 Å². The number of halogens is 1. The van der Waals surface area contributed by atoms with Gasteiger partial charge >= 0.3 is 0 Å². The van der Waals surface area contributed by atoms with Crippen LogP contribution in [-0.2, 0) is 14.8 Å². The van der Waals surface area contributed by atoms with Crippen molar-refractivity contribution in [3.05, 3.63) is 30.1 Å². The molecule has 1 aromatic rings. The second kappa shape index (κ2) is 5.37. The van der Waals surface area contributed by atoms with E-state index < -0.39 is 21.9 Å². The number of sulfonamides is 1. The fraction of sp³-hybridized carbons (Fsp3) is 0.364. The maximum absolute atomic E-state index is 12.7. The Kier molecular flexibility index (Phi) is 4.36. The van der Waals surface area contributed by atoms with Crippen molar-refractivity contribution in [1.82, 2.24) is 4.72 Å². The molecule has 0 fully saturated rings. The first kappa shape index (κ1) is 13.8. The minimum atomic E-state index is -3.81. The highest BCUT2D eigenvalue weighted by atomic mass is 32.2. The second-order valence-electron chi connectivity index (χ2n) is 3.91. The first-order chi connectivity index (χ1) is 7.86. The molecule has 1 N–H and O–H groups in total. The zero-order valence-electron chi connectivity index (χ0n) is 9.48. The van der Waals surface area contributed by atoms with Gasteiger partial charge in [-0.05, 0) is 30.2 Å². The van der Waals surface area contributed by atoms with E-state index in [9.17, 15) is 17.6 Å². The van der Waals surface area contributed by atoms with Crippen molar-refractivity contribution in [1.29, 1.82) is 0 Å². The summed E-state index contributed by atoms with van der Waals surface area (Å²) in [6, 6.07) is 3.46. The smallest absolute Gasteiger partial charge is 0.241 e. The van der Waals surface area contributed by atoms with E-state index in [-0.39, 0.29) is 10.8 Å². The zero-order valence-corrected chi connectivity index (χ0v) is 10.3. The Hall–Kier alpha value is -1.27. The molecule has 6 heteroatoms. The van der Waals surface area contributed by atoms with Gasteiger partial charge in [-0.15, -0.1) is 0 Å². The van der Waals surface area contributed by atoms with Gasteiger partial charge in [0.1, 0.15) is 5.82 Å². The Bertz CT molecular complexity index is 482. The Balaban J connectivity index is 2.96. The van der Waals surface area contributed by atoms with Crippen molar-refractivity contribution in [2.75, 3.05) is 0 Å². The van der Waals surface area contributed by atoms with Crippen LogP contribution in [-0.4, -0.2) is 20.7 Å². The van der Waals surface area contributed by atoms with Gasteiger partial charge < -0.3 is 0 Å². The molecule has 93 valence electrons. The lowest BCUT2D eigenvalue weighted by molar-refractivity contribution is 0.480. The van der Waals surface area contributed by atoms with Crippen LogP contribution in [0.5, 0.6) is 0 Å². The summed E-state index contributed by atoms with van der Waals surface area (Å²) in [5.41, 5.74) is 0. The fourth-order valence-corrected chi connectivity index (χ4v) is 2.43. The number of rotatable bonds is 5. The van der Waals surface area contributed by atoms with Gasteiger partial charge in [-0.25, -0.2) is 12.8 Å². The molecule has 0 aliphatic heterocycles. The Morgan fingerprint density at radius 2 is 1.76 bits per heavy atom. The zero-order chi connectivity index (χ0) is 13.1. The summed E-state index contributed by atoms with van der Waals surface area (Å²) in [5.74, 6) is -0.728. The molecule has 1 rings (SSSR count). The monoisotopic (exact) mass is 258 g/mol. The summed E-state index contributed by atoms with van der Waals surface area (Å²) in [5, 5.41) is 0. The van der Waals surface area contributed by atoms with Gasteiger partial charge in [0.25, 0.3) is 0 Å². The molecule has 0 saturated carbocycles. The highest BCUT2D eigenvalue weighted by Gasteiger charge is 2.22. The summed E-state index contributed by atoms with van der Waals surface area (Å²) in [6.45, 7) is 3.39. The topological polar surface area (TPSA) is 63.2 Å². The van der Waals surface area contributed by atoms with Crippen molar-refractivity contribution >= 4 is 16.3 Å². The molecule has 1 atom stereocenters. The summed E-state index contributed by atoms with van der Waals surface area (Å²) < 4.78 is 38.5. The van der Waals surface area contributed by atoms with Crippen LogP contribution in [0.3, 0.4) is 0 Å². The lowest BCUT2D eigenvalue weighted by atomic mass is 10.1. The van der Waals surface area contributed by atoms with Gasteiger partial charge in [-0.1, -0.05) is 13.8 Å². The Morgan fingerprint density at radius 3 is 2.18 bits per heavy atom. The van der Waals surface area contributed by atoms with Crippen molar-refractivity contribution in [2.24, 2.45) is 5.92 Å². The molecule has 1 aromatic carbocycles. The average Bonchev–Trinajstić information content (AvgIpc) is 2.26. The van der Waals surface area contributed by atoms with Crippen LogP contribution in [0.1, 0.15) is 13.8 Å². The van der Waals surface area contributed by atoms with Gasteiger partial charge in [0, 0.05) is 0 Å². The number of benzene rings is 1. The number of hydrogen-bond donors (Lipinski definition) is 1. The van der Waals surface area contributed by atoms with E-state index in [4.69, 9.17) is 0 Å². The summed E-state index contributed by atoms with van der Waals surface area (Å²) in [7, 11) is -3.81. The predicted octanol–water partition coefficient (Wildman–Crippen LogP) is 1.24. The standard InChI is InChI=1S/C11H13FNO3S/c1-8(2)11(7-14)13-17(15,16)10-5-3-9(12)4-6-10/h3-6,8,11,13H,1-2H3/t11-/m1/s1. The van der Waals surface area contributed by atoms with Gasteiger partial charge in [-0.3, -0.25) is 4.79 Å². The largest absolute Gasteiger partial charge is 0.289 e. The van der Waals surface area contributed by atoms with Crippen molar-refractivity contribution < 1.29 is 17.6 Å². The minimum absolute atomic E-state index is 0.0835. The van der Waals surface area contributed by atoms with E-state index >= 15 is 0 Å². The first-order valence-electron chi connectivity index (χ1n) is 5.02. The molecule has 0 spiro atoms. The third-order valence-corrected chi connectivity index (χ3v) is 3.66. The number of carbonyl (C=O) groups excluding carboxylic acids is 1. The lowest BCUT2D eigenvalue weighted by Gasteiger charge is -2.15. The van der Waals surface area contributed by atoms with E-state index in [1.807, 2.05) is 0 Å². The molecule has 0 bridgehead atoms. The molecule has 0 heterocycles. The number of hydrogen-bond acceptors (Lipinski definition) is 3. The van der Waals surface area contributed by atoms with E-state index in [0.29, 0.717) is 0 Å². The summed E-state index contributed by atoms with van der Waals surface area (Å²) >= 11 is 0. The average molecular weight is 258 g/mol. The fourth-order valence-electron chi connectivity index (χ4n) is 1.15. The molecular formula is C11H13FNO3S. The van der Waals surface area contributed by atoms with Crippen LogP contribution >= 0.6 is 0 Å². The van der Waals surface area contributed by atoms with Crippen LogP contribution < -0.4 is 4.72 Å². The minimum Gasteiger partial charge on any atom is -0.289 e. The third-order valence-electron chi connectivity index (χ3n) is 2.20. The van der Waals surface area contributed by atoms with Crippen molar-refractivity contribution in [3.63, 3.8) is 0 Å². The molecule has 0 aliphatic rings. The molecule has 0 unspecified atom stereocenters.